The first-order valence-corrected chi connectivity index (χ1v) is 7.35. The van der Waals surface area contributed by atoms with Crippen molar-refractivity contribution >= 4 is 10.2 Å². The van der Waals surface area contributed by atoms with Crippen LogP contribution in [0.1, 0.15) is 26.7 Å². The second kappa shape index (κ2) is 5.95. The zero-order valence-electron chi connectivity index (χ0n) is 10.4. The van der Waals surface area contributed by atoms with Gasteiger partial charge in [0.1, 0.15) is 0 Å². The highest BCUT2D eigenvalue weighted by Crippen LogP contribution is 2.12. The van der Waals surface area contributed by atoms with Crippen molar-refractivity contribution in [3.05, 3.63) is 0 Å². The molecule has 1 fully saturated rings. The average molecular weight is 249 g/mol. The summed E-state index contributed by atoms with van der Waals surface area (Å²) in [5.41, 5.74) is 0. The second-order valence-corrected chi connectivity index (χ2v) is 6.33. The predicted octanol–water partition coefficient (Wildman–Crippen LogP) is 0.161. The molecule has 2 unspecified atom stereocenters. The normalized spacial score (nSPS) is 27.2. The number of hydrogen-bond acceptors (Lipinski definition) is 3. The van der Waals surface area contributed by atoms with E-state index in [4.69, 9.17) is 0 Å². The molecule has 1 rings (SSSR count). The summed E-state index contributed by atoms with van der Waals surface area (Å²) >= 11 is 0. The maximum absolute atomic E-state index is 11.9. The molecule has 2 atom stereocenters. The minimum Gasteiger partial charge on any atom is -0.316 e. The molecule has 96 valence electrons. The first-order valence-electron chi connectivity index (χ1n) is 5.91. The van der Waals surface area contributed by atoms with Crippen LogP contribution in [0.15, 0.2) is 0 Å². The van der Waals surface area contributed by atoms with Gasteiger partial charge < -0.3 is 5.32 Å². The Morgan fingerprint density at radius 1 is 1.50 bits per heavy atom. The molecule has 0 saturated carbocycles. The van der Waals surface area contributed by atoms with Crippen molar-refractivity contribution in [2.45, 2.75) is 32.7 Å². The van der Waals surface area contributed by atoms with E-state index in [0.29, 0.717) is 12.5 Å². The lowest BCUT2D eigenvalue weighted by Crippen LogP contribution is -2.51. The molecule has 0 radical (unpaired) electrons. The van der Waals surface area contributed by atoms with Gasteiger partial charge in [0.2, 0.25) is 0 Å². The van der Waals surface area contributed by atoms with Crippen LogP contribution < -0.4 is 10.0 Å². The molecule has 1 heterocycles. The quantitative estimate of drug-likeness (QED) is 0.730. The maximum atomic E-state index is 11.9. The highest BCUT2D eigenvalue weighted by atomic mass is 32.2. The van der Waals surface area contributed by atoms with Crippen molar-refractivity contribution in [2.75, 3.05) is 26.7 Å². The number of rotatable bonds is 5. The Morgan fingerprint density at radius 3 is 2.75 bits per heavy atom. The van der Waals surface area contributed by atoms with Gasteiger partial charge in [0.25, 0.3) is 10.2 Å². The van der Waals surface area contributed by atoms with E-state index in [1.165, 1.54) is 4.31 Å². The van der Waals surface area contributed by atoms with E-state index in [1.807, 2.05) is 6.92 Å². The Hall–Kier alpha value is -0.170. The molecule has 5 nitrogen and oxygen atoms in total. The first-order chi connectivity index (χ1) is 7.47. The van der Waals surface area contributed by atoms with Crippen LogP contribution in [-0.2, 0) is 10.2 Å². The van der Waals surface area contributed by atoms with Gasteiger partial charge in [-0.1, -0.05) is 13.8 Å². The van der Waals surface area contributed by atoms with Crippen molar-refractivity contribution in [2.24, 2.45) is 5.92 Å². The molecule has 6 heteroatoms. The third-order valence-corrected chi connectivity index (χ3v) is 4.64. The topological polar surface area (TPSA) is 61.4 Å². The number of piperidine rings is 1. The van der Waals surface area contributed by atoms with Crippen LogP contribution in [0.3, 0.4) is 0 Å². The van der Waals surface area contributed by atoms with Crippen molar-refractivity contribution < 1.29 is 8.42 Å². The third-order valence-electron chi connectivity index (χ3n) is 3.03. The van der Waals surface area contributed by atoms with Crippen molar-refractivity contribution in [1.82, 2.24) is 14.3 Å². The summed E-state index contributed by atoms with van der Waals surface area (Å²) < 4.78 is 28.0. The fourth-order valence-electron chi connectivity index (χ4n) is 1.91. The molecular formula is C10H23N3O2S. The zero-order chi connectivity index (χ0) is 12.2. The molecule has 1 saturated heterocycles. The molecule has 0 aromatic carbocycles. The lowest BCUT2D eigenvalue weighted by molar-refractivity contribution is 0.320. The molecule has 0 aromatic rings. The van der Waals surface area contributed by atoms with E-state index in [-0.39, 0.29) is 6.04 Å². The maximum Gasteiger partial charge on any atom is 0.279 e. The summed E-state index contributed by atoms with van der Waals surface area (Å²) in [5.74, 6) is 0.346. The summed E-state index contributed by atoms with van der Waals surface area (Å²) in [5, 5.41) is 3.26. The minimum absolute atomic E-state index is 0.0607. The van der Waals surface area contributed by atoms with E-state index < -0.39 is 10.2 Å². The lowest BCUT2D eigenvalue weighted by Gasteiger charge is -2.31. The Morgan fingerprint density at radius 2 is 2.19 bits per heavy atom. The molecule has 0 bridgehead atoms. The Labute approximate surface area is 98.8 Å². The van der Waals surface area contributed by atoms with E-state index in [1.54, 1.807) is 7.05 Å². The van der Waals surface area contributed by atoms with Gasteiger partial charge >= 0.3 is 0 Å². The van der Waals surface area contributed by atoms with Crippen molar-refractivity contribution in [1.29, 1.82) is 0 Å². The Bertz CT molecular complexity index is 305. The predicted molar refractivity (Wildman–Crippen MR) is 65.4 cm³/mol. The smallest absolute Gasteiger partial charge is 0.279 e. The van der Waals surface area contributed by atoms with Gasteiger partial charge in [0.05, 0.1) is 0 Å². The van der Waals surface area contributed by atoms with Crippen LogP contribution in [0.5, 0.6) is 0 Å². The summed E-state index contributed by atoms with van der Waals surface area (Å²) in [6.45, 7) is 6.37. The van der Waals surface area contributed by atoms with Crippen LogP contribution in [0.2, 0.25) is 0 Å². The fraction of sp³-hybridized carbons (Fsp3) is 1.00. The second-order valence-electron chi connectivity index (χ2n) is 4.52. The van der Waals surface area contributed by atoms with Gasteiger partial charge in [-0.25, -0.2) is 0 Å². The summed E-state index contributed by atoms with van der Waals surface area (Å²) in [6.07, 6.45) is 1.69. The molecule has 1 aliphatic rings. The highest BCUT2D eigenvalue weighted by molar-refractivity contribution is 7.87. The largest absolute Gasteiger partial charge is 0.316 e. The molecule has 0 spiro atoms. The SMILES string of the molecule is CCCN(C)S(=O)(=O)NC1CCNCC1C. The van der Waals surface area contributed by atoms with E-state index in [9.17, 15) is 8.42 Å². The van der Waals surface area contributed by atoms with Gasteiger partial charge in [-0.05, 0) is 31.8 Å². The number of hydrogen-bond donors (Lipinski definition) is 2. The molecule has 0 aromatic heterocycles. The molecule has 0 aliphatic carbocycles. The van der Waals surface area contributed by atoms with Crippen LogP contribution in [0.25, 0.3) is 0 Å². The fourth-order valence-corrected chi connectivity index (χ4v) is 3.24. The Kier molecular flexibility index (Phi) is 5.17. The number of nitrogens with zero attached hydrogens (tertiary/aromatic N) is 1. The minimum atomic E-state index is -3.30. The number of nitrogens with one attached hydrogen (secondary N) is 2. The first kappa shape index (κ1) is 13.9. The summed E-state index contributed by atoms with van der Waals surface area (Å²) in [6, 6.07) is 0.0607. The molecule has 16 heavy (non-hydrogen) atoms. The van der Waals surface area contributed by atoms with Gasteiger partial charge in [-0.3, -0.25) is 0 Å². The molecule has 1 aliphatic heterocycles. The lowest BCUT2D eigenvalue weighted by atomic mass is 9.97. The van der Waals surface area contributed by atoms with Gasteiger partial charge in [-0.15, -0.1) is 0 Å². The molecule has 2 N–H and O–H groups in total. The van der Waals surface area contributed by atoms with Crippen LogP contribution in [0, 0.1) is 5.92 Å². The van der Waals surface area contributed by atoms with E-state index in [2.05, 4.69) is 17.0 Å². The van der Waals surface area contributed by atoms with Crippen molar-refractivity contribution in [3.8, 4) is 0 Å². The third kappa shape index (κ3) is 3.69. The van der Waals surface area contributed by atoms with Gasteiger partial charge in [0.15, 0.2) is 0 Å². The van der Waals surface area contributed by atoms with Gasteiger partial charge in [-0.2, -0.15) is 17.4 Å². The van der Waals surface area contributed by atoms with Crippen LogP contribution >= 0.6 is 0 Å². The zero-order valence-corrected chi connectivity index (χ0v) is 11.2. The van der Waals surface area contributed by atoms with E-state index >= 15 is 0 Å². The summed E-state index contributed by atoms with van der Waals surface area (Å²) in [4.78, 5) is 0. The average Bonchev–Trinajstić information content (AvgIpc) is 2.21. The molecule has 0 amide bonds. The van der Waals surface area contributed by atoms with Crippen LogP contribution in [0.4, 0.5) is 0 Å². The monoisotopic (exact) mass is 249 g/mol. The molecular weight excluding hydrogens is 226 g/mol. The standard InChI is InChI=1S/C10H23N3O2S/c1-4-7-13(3)16(14,15)12-10-5-6-11-8-9(10)2/h9-12H,4-8H2,1-3H3. The Balaban J connectivity index is 2.57. The van der Waals surface area contributed by atoms with E-state index in [0.717, 1.165) is 25.9 Å². The van der Waals surface area contributed by atoms with Gasteiger partial charge in [0, 0.05) is 19.6 Å². The highest BCUT2D eigenvalue weighted by Gasteiger charge is 2.27. The van der Waals surface area contributed by atoms with Crippen LogP contribution in [-0.4, -0.2) is 45.4 Å². The van der Waals surface area contributed by atoms with Crippen molar-refractivity contribution in [3.63, 3.8) is 0 Å². The summed E-state index contributed by atoms with van der Waals surface area (Å²) in [7, 11) is -1.68.